The summed E-state index contributed by atoms with van der Waals surface area (Å²) >= 11 is 0. The normalized spacial score (nSPS) is 11.1. The first kappa shape index (κ1) is 43.8. The fourth-order valence-electron chi connectivity index (χ4n) is 9.45. The Bertz CT molecular complexity index is 3340. The molecule has 3 heteroatoms. The van der Waals surface area contributed by atoms with Gasteiger partial charge in [0.25, 0.3) is 0 Å². The number of hydrogen-bond donors (Lipinski definition) is 0. The van der Waals surface area contributed by atoms with Gasteiger partial charge in [-0.25, -0.2) is 0 Å². The predicted octanol–water partition coefficient (Wildman–Crippen LogP) is 16.8. The zero-order valence-electron chi connectivity index (χ0n) is 39.0. The van der Waals surface area contributed by atoms with Crippen molar-refractivity contribution >= 4 is 0 Å². The lowest BCUT2D eigenvalue weighted by Crippen LogP contribution is -1.99. The number of benzene rings is 8. The summed E-state index contributed by atoms with van der Waals surface area (Å²) in [5.74, 6) is 0. The first-order valence-electron chi connectivity index (χ1n) is 24.2. The molecule has 0 bridgehead atoms. The van der Waals surface area contributed by atoms with Crippen LogP contribution in [0, 0.1) is 0 Å². The number of aromatic nitrogens is 3. The van der Waals surface area contributed by atoms with E-state index in [2.05, 4.69) is 243 Å². The van der Waals surface area contributed by atoms with Crippen molar-refractivity contribution in [3.05, 3.63) is 283 Å². The molecule has 0 saturated heterocycles. The molecule has 0 aliphatic carbocycles. The molecule has 70 heavy (non-hydrogen) atoms. The third kappa shape index (κ3) is 10.2. The van der Waals surface area contributed by atoms with E-state index in [9.17, 15) is 0 Å². The molecule has 3 heterocycles. The van der Waals surface area contributed by atoms with Crippen molar-refractivity contribution in [3.8, 4) is 89.4 Å². The molecule has 3 nitrogen and oxygen atoms in total. The number of rotatable bonds is 14. The summed E-state index contributed by atoms with van der Waals surface area (Å²) in [7, 11) is 0. The Hall–Kier alpha value is -8.79. The van der Waals surface area contributed by atoms with E-state index < -0.39 is 0 Å². The highest BCUT2D eigenvalue weighted by molar-refractivity contribution is 5.84. The molecule has 0 aliphatic heterocycles. The molecule has 11 rings (SSSR count). The van der Waals surface area contributed by atoms with Crippen molar-refractivity contribution in [2.45, 2.75) is 25.7 Å². The highest BCUT2D eigenvalue weighted by Crippen LogP contribution is 2.35. The maximum absolute atomic E-state index is 5.03. The lowest BCUT2D eigenvalue weighted by atomic mass is 9.90. The minimum absolute atomic E-state index is 0.885. The molecular weight excluding hydrogens is 847 g/mol. The Labute approximate surface area is 411 Å². The highest BCUT2D eigenvalue weighted by Gasteiger charge is 2.13. The molecule has 334 valence electrons. The van der Waals surface area contributed by atoms with Gasteiger partial charge >= 0.3 is 0 Å². The van der Waals surface area contributed by atoms with E-state index in [0.717, 1.165) is 70.6 Å². The van der Waals surface area contributed by atoms with Gasteiger partial charge in [-0.15, -0.1) is 0 Å². The topological polar surface area (TPSA) is 38.7 Å². The van der Waals surface area contributed by atoms with Crippen LogP contribution in [0.5, 0.6) is 0 Å². The first-order valence-corrected chi connectivity index (χ1v) is 24.2. The van der Waals surface area contributed by atoms with Crippen LogP contribution in [0.1, 0.15) is 22.3 Å². The van der Waals surface area contributed by atoms with E-state index in [4.69, 9.17) is 15.0 Å². The molecule has 0 spiro atoms. The van der Waals surface area contributed by atoms with Crippen LogP contribution < -0.4 is 0 Å². The van der Waals surface area contributed by atoms with Gasteiger partial charge in [-0.3, -0.25) is 15.0 Å². The average molecular weight is 898 g/mol. The molecule has 0 N–H and O–H groups in total. The maximum Gasteiger partial charge on any atom is 0.0702 e. The molecule has 0 atom stereocenters. The third-order valence-corrected chi connectivity index (χ3v) is 13.2. The second-order valence-electron chi connectivity index (χ2n) is 18.0. The molecule has 0 radical (unpaired) electrons. The second kappa shape index (κ2) is 20.6. The Morgan fingerprint density at radius 1 is 0.200 bits per heavy atom. The summed E-state index contributed by atoms with van der Waals surface area (Å²) < 4.78 is 0. The van der Waals surface area contributed by atoms with Crippen molar-refractivity contribution in [1.29, 1.82) is 0 Å². The van der Waals surface area contributed by atoms with E-state index in [-0.39, 0.29) is 0 Å². The van der Waals surface area contributed by atoms with E-state index >= 15 is 0 Å². The molecule has 0 amide bonds. The highest BCUT2D eigenvalue weighted by atomic mass is 14.7. The SMILES string of the molecule is c1ccc(-c2cccc(-c3ccc(CCc4cc(CCc5ccc(-c6cccc(-c7ccccc7)c6)nc5)cc(-c5ccccc5-c5ccc(-c6cccc(-c7ccccc7)c6)nc5)c4)cn3)c2)cc1. The quantitative estimate of drug-likeness (QED) is 0.109. The predicted molar refractivity (Wildman–Crippen MR) is 291 cm³/mol. The summed E-state index contributed by atoms with van der Waals surface area (Å²) in [6.45, 7) is 0. The van der Waals surface area contributed by atoms with Crippen molar-refractivity contribution in [1.82, 2.24) is 15.0 Å². The lowest BCUT2D eigenvalue weighted by molar-refractivity contribution is 0.923. The van der Waals surface area contributed by atoms with Crippen LogP contribution in [-0.4, -0.2) is 15.0 Å². The minimum Gasteiger partial charge on any atom is -0.256 e. The summed E-state index contributed by atoms with van der Waals surface area (Å²) in [6.07, 6.45) is 9.68. The van der Waals surface area contributed by atoms with E-state index in [1.165, 1.54) is 66.8 Å². The van der Waals surface area contributed by atoms with Crippen molar-refractivity contribution in [2.75, 3.05) is 0 Å². The summed E-state index contributed by atoms with van der Waals surface area (Å²) in [6, 6.07) is 86.6. The van der Waals surface area contributed by atoms with Crippen LogP contribution in [0.4, 0.5) is 0 Å². The summed E-state index contributed by atoms with van der Waals surface area (Å²) in [4.78, 5) is 15.0. The van der Waals surface area contributed by atoms with Gasteiger partial charge < -0.3 is 0 Å². The Balaban J connectivity index is 0.858. The van der Waals surface area contributed by atoms with E-state index in [1.807, 2.05) is 18.6 Å². The van der Waals surface area contributed by atoms with Gasteiger partial charge in [0, 0.05) is 40.8 Å². The van der Waals surface area contributed by atoms with Crippen LogP contribution >= 0.6 is 0 Å². The molecule has 3 aromatic heterocycles. The van der Waals surface area contributed by atoms with E-state index in [0.29, 0.717) is 0 Å². The van der Waals surface area contributed by atoms with Gasteiger partial charge in [0.1, 0.15) is 0 Å². The van der Waals surface area contributed by atoms with Crippen LogP contribution in [0.2, 0.25) is 0 Å². The van der Waals surface area contributed by atoms with Crippen LogP contribution in [0.3, 0.4) is 0 Å². The largest absolute Gasteiger partial charge is 0.256 e. The fraction of sp³-hybridized carbons (Fsp3) is 0.0597. The number of aryl methyl sites for hydroxylation is 4. The Kier molecular flexibility index (Phi) is 12.9. The van der Waals surface area contributed by atoms with Gasteiger partial charge in [-0.2, -0.15) is 0 Å². The summed E-state index contributed by atoms with van der Waals surface area (Å²) in [5, 5.41) is 0. The zero-order chi connectivity index (χ0) is 46.9. The van der Waals surface area contributed by atoms with Crippen LogP contribution in [0.25, 0.3) is 89.4 Å². The standard InChI is InChI=1S/C67H51N3/c1-4-15-52(16-5-1)55-21-12-24-58(42-55)65-36-33-48(45-68-65)29-31-50-39-51(32-30-49-34-37-66(69-46-49)59-25-13-22-56(43-59)53-17-6-2-7-18-53)41-62(40-50)64-28-11-10-27-63(64)61-35-38-67(70-47-61)60-26-14-23-57(44-60)54-19-8-3-9-20-54/h1-28,33-47H,29-32H2. The zero-order valence-corrected chi connectivity index (χ0v) is 39.0. The molecule has 0 saturated carbocycles. The van der Waals surface area contributed by atoms with Crippen molar-refractivity contribution in [2.24, 2.45) is 0 Å². The van der Waals surface area contributed by atoms with E-state index in [1.54, 1.807) is 0 Å². The smallest absolute Gasteiger partial charge is 0.0702 e. The first-order chi connectivity index (χ1) is 34.6. The molecule has 8 aromatic carbocycles. The van der Waals surface area contributed by atoms with Crippen molar-refractivity contribution < 1.29 is 0 Å². The lowest BCUT2D eigenvalue weighted by Gasteiger charge is -2.15. The van der Waals surface area contributed by atoms with Gasteiger partial charge in [-0.1, -0.05) is 206 Å². The number of nitrogens with zero attached hydrogens (tertiary/aromatic N) is 3. The maximum atomic E-state index is 5.03. The average Bonchev–Trinajstić information content (AvgIpc) is 3.45. The minimum atomic E-state index is 0.885. The molecule has 0 aliphatic rings. The van der Waals surface area contributed by atoms with Gasteiger partial charge in [0.05, 0.1) is 17.1 Å². The monoisotopic (exact) mass is 897 g/mol. The molecule has 0 unspecified atom stereocenters. The Morgan fingerprint density at radius 2 is 0.543 bits per heavy atom. The van der Waals surface area contributed by atoms with Crippen molar-refractivity contribution in [3.63, 3.8) is 0 Å². The molecule has 0 fully saturated rings. The van der Waals surface area contributed by atoms with Gasteiger partial charge in [0.2, 0.25) is 0 Å². The molecular formula is C67H51N3. The second-order valence-corrected chi connectivity index (χ2v) is 18.0. The third-order valence-electron chi connectivity index (χ3n) is 13.2. The van der Waals surface area contributed by atoms with Gasteiger partial charge in [0.15, 0.2) is 0 Å². The number of hydrogen-bond acceptors (Lipinski definition) is 3. The number of pyridine rings is 3. The van der Waals surface area contributed by atoms with Crippen LogP contribution in [0.15, 0.2) is 261 Å². The summed E-state index contributed by atoms with van der Waals surface area (Å²) in [5.41, 5.74) is 23.1. The van der Waals surface area contributed by atoms with Crippen LogP contribution in [-0.2, 0) is 25.7 Å². The fourth-order valence-corrected chi connectivity index (χ4v) is 9.45. The Morgan fingerprint density at radius 3 is 0.929 bits per heavy atom. The van der Waals surface area contributed by atoms with Gasteiger partial charge in [-0.05, 0) is 134 Å². The molecule has 11 aromatic rings.